The maximum absolute atomic E-state index is 13.3. The molecule has 0 aromatic heterocycles. The van der Waals surface area contributed by atoms with Gasteiger partial charge < -0.3 is 14.7 Å². The number of likely N-dealkylation sites (N-methyl/N-ethyl adjacent to an activating group) is 1. The van der Waals surface area contributed by atoms with Crippen LogP contribution in [0.2, 0.25) is 0 Å². The highest BCUT2D eigenvalue weighted by Crippen LogP contribution is 2.22. The van der Waals surface area contributed by atoms with Gasteiger partial charge in [0.05, 0.1) is 11.6 Å². The molecule has 1 amide bonds. The van der Waals surface area contributed by atoms with Crippen molar-refractivity contribution in [3.05, 3.63) is 95.6 Å². The van der Waals surface area contributed by atoms with Crippen LogP contribution in [-0.4, -0.2) is 71.0 Å². The SMILES string of the molecule is C[C@@H](C(=O)N1CCCN(Cc2ccc(C(=O)O)cc2)CC1)N(C)Cc1ccc(Oc2ccccc2)cc1. The number of ether oxygens (including phenoxy) is 1. The van der Waals surface area contributed by atoms with E-state index in [4.69, 9.17) is 9.84 Å². The second-order valence-corrected chi connectivity index (χ2v) is 9.61. The summed E-state index contributed by atoms with van der Waals surface area (Å²) in [5.41, 5.74) is 2.50. The van der Waals surface area contributed by atoms with Crippen LogP contribution in [0.4, 0.5) is 0 Å². The van der Waals surface area contributed by atoms with Crippen LogP contribution in [-0.2, 0) is 17.9 Å². The monoisotopic (exact) mass is 501 g/mol. The molecule has 1 saturated heterocycles. The van der Waals surface area contributed by atoms with Crippen LogP contribution in [0.15, 0.2) is 78.9 Å². The van der Waals surface area contributed by atoms with Gasteiger partial charge in [-0.25, -0.2) is 4.79 Å². The zero-order valence-electron chi connectivity index (χ0n) is 21.5. The fourth-order valence-corrected chi connectivity index (χ4v) is 4.53. The number of carbonyl (C=O) groups excluding carboxylic acids is 1. The number of rotatable bonds is 9. The number of amides is 1. The Kier molecular flexibility index (Phi) is 8.93. The molecule has 1 aliphatic heterocycles. The second kappa shape index (κ2) is 12.5. The summed E-state index contributed by atoms with van der Waals surface area (Å²) < 4.78 is 5.87. The molecule has 4 rings (SSSR count). The predicted octanol–water partition coefficient (Wildman–Crippen LogP) is 4.73. The van der Waals surface area contributed by atoms with E-state index in [1.54, 1.807) is 12.1 Å². The number of hydrogen-bond donors (Lipinski definition) is 1. The second-order valence-electron chi connectivity index (χ2n) is 9.61. The van der Waals surface area contributed by atoms with Crippen molar-refractivity contribution in [3.8, 4) is 11.5 Å². The van der Waals surface area contributed by atoms with Gasteiger partial charge in [0.1, 0.15) is 11.5 Å². The number of carbonyl (C=O) groups is 2. The number of carboxylic acids is 1. The fourth-order valence-electron chi connectivity index (χ4n) is 4.53. The minimum absolute atomic E-state index is 0.152. The highest BCUT2D eigenvalue weighted by molar-refractivity contribution is 5.87. The van der Waals surface area contributed by atoms with Crippen molar-refractivity contribution in [2.45, 2.75) is 32.5 Å². The molecule has 1 fully saturated rings. The summed E-state index contributed by atoms with van der Waals surface area (Å²) in [6.07, 6.45) is 0.915. The summed E-state index contributed by atoms with van der Waals surface area (Å²) >= 11 is 0. The van der Waals surface area contributed by atoms with Crippen molar-refractivity contribution in [1.29, 1.82) is 0 Å². The summed E-state index contributed by atoms with van der Waals surface area (Å²) in [5.74, 6) is 0.829. The van der Waals surface area contributed by atoms with Crippen LogP contribution in [0.25, 0.3) is 0 Å². The number of aromatic carboxylic acids is 1. The van der Waals surface area contributed by atoms with Gasteiger partial charge >= 0.3 is 5.97 Å². The lowest BCUT2D eigenvalue weighted by atomic mass is 10.1. The average Bonchev–Trinajstić information content (AvgIpc) is 3.15. The first-order chi connectivity index (χ1) is 17.9. The van der Waals surface area contributed by atoms with Crippen LogP contribution in [0.5, 0.6) is 11.5 Å². The number of nitrogens with zero attached hydrogens (tertiary/aromatic N) is 3. The number of benzene rings is 3. The van der Waals surface area contributed by atoms with Gasteiger partial charge in [0.2, 0.25) is 5.91 Å². The van der Waals surface area contributed by atoms with E-state index in [2.05, 4.69) is 9.80 Å². The number of para-hydroxylation sites is 1. The van der Waals surface area contributed by atoms with Crippen molar-refractivity contribution in [2.75, 3.05) is 33.2 Å². The Balaban J connectivity index is 1.26. The first kappa shape index (κ1) is 26.4. The van der Waals surface area contributed by atoms with Gasteiger partial charge in [-0.2, -0.15) is 0 Å². The molecule has 37 heavy (non-hydrogen) atoms. The Bertz CT molecular complexity index is 1170. The van der Waals surface area contributed by atoms with E-state index in [1.807, 2.05) is 85.6 Å². The Morgan fingerprint density at radius 2 is 1.51 bits per heavy atom. The van der Waals surface area contributed by atoms with Crippen molar-refractivity contribution < 1.29 is 19.4 Å². The topological polar surface area (TPSA) is 73.3 Å². The molecule has 7 nitrogen and oxygen atoms in total. The molecule has 3 aromatic carbocycles. The summed E-state index contributed by atoms with van der Waals surface area (Å²) in [6, 6.07) is 24.5. The molecule has 0 unspecified atom stereocenters. The average molecular weight is 502 g/mol. The molecule has 194 valence electrons. The highest BCUT2D eigenvalue weighted by atomic mass is 16.5. The zero-order valence-corrected chi connectivity index (χ0v) is 21.5. The first-order valence-corrected chi connectivity index (χ1v) is 12.7. The van der Waals surface area contributed by atoms with Gasteiger partial charge in [-0.1, -0.05) is 42.5 Å². The molecular formula is C30H35N3O4. The van der Waals surface area contributed by atoms with Crippen LogP contribution in [0, 0.1) is 0 Å². The highest BCUT2D eigenvalue weighted by Gasteiger charge is 2.26. The normalized spacial score (nSPS) is 15.3. The van der Waals surface area contributed by atoms with Gasteiger partial charge in [0.15, 0.2) is 0 Å². The molecule has 7 heteroatoms. The van der Waals surface area contributed by atoms with Crippen molar-refractivity contribution in [1.82, 2.24) is 14.7 Å². The summed E-state index contributed by atoms with van der Waals surface area (Å²) in [7, 11) is 1.99. The van der Waals surface area contributed by atoms with E-state index in [1.165, 1.54) is 0 Å². The molecule has 1 atom stereocenters. The standard InChI is InChI=1S/C30H35N3O4/c1-23(31(2)21-24-11-15-28(16-12-24)37-27-7-4-3-5-8-27)29(34)33-18-6-17-32(19-20-33)22-25-9-13-26(14-10-25)30(35)36/h3-5,7-16,23H,6,17-22H2,1-2H3,(H,35,36)/t23-/m0/s1. The third-order valence-electron chi connectivity index (χ3n) is 6.86. The van der Waals surface area contributed by atoms with Crippen LogP contribution in [0.3, 0.4) is 0 Å². The van der Waals surface area contributed by atoms with E-state index >= 15 is 0 Å². The van der Waals surface area contributed by atoms with Gasteiger partial charge in [0.25, 0.3) is 0 Å². The van der Waals surface area contributed by atoms with E-state index < -0.39 is 5.97 Å². The summed E-state index contributed by atoms with van der Waals surface area (Å²) in [4.78, 5) is 30.8. The van der Waals surface area contributed by atoms with Crippen LogP contribution in [0.1, 0.15) is 34.8 Å². The summed E-state index contributed by atoms with van der Waals surface area (Å²) in [6.45, 7) is 6.54. The van der Waals surface area contributed by atoms with Crippen LogP contribution < -0.4 is 4.74 Å². The maximum Gasteiger partial charge on any atom is 0.335 e. The Labute approximate surface area is 218 Å². The fraction of sp³-hybridized carbons (Fsp3) is 0.333. The first-order valence-electron chi connectivity index (χ1n) is 12.7. The lowest BCUT2D eigenvalue weighted by Crippen LogP contribution is -2.46. The molecule has 1 heterocycles. The van der Waals surface area contributed by atoms with Gasteiger partial charge in [0, 0.05) is 39.3 Å². The van der Waals surface area contributed by atoms with E-state index in [9.17, 15) is 9.59 Å². The molecule has 0 spiro atoms. The lowest BCUT2D eigenvalue weighted by Gasteiger charge is -2.30. The molecular weight excluding hydrogens is 466 g/mol. The third-order valence-corrected chi connectivity index (χ3v) is 6.86. The molecule has 1 aliphatic rings. The predicted molar refractivity (Wildman–Crippen MR) is 144 cm³/mol. The molecule has 0 aliphatic carbocycles. The minimum Gasteiger partial charge on any atom is -0.478 e. The van der Waals surface area contributed by atoms with Gasteiger partial charge in [-0.15, -0.1) is 0 Å². The molecule has 3 aromatic rings. The van der Waals surface area contributed by atoms with Crippen molar-refractivity contribution >= 4 is 11.9 Å². The van der Waals surface area contributed by atoms with Gasteiger partial charge in [-0.3, -0.25) is 14.6 Å². The largest absolute Gasteiger partial charge is 0.478 e. The van der Waals surface area contributed by atoms with Crippen molar-refractivity contribution in [3.63, 3.8) is 0 Å². The van der Waals surface area contributed by atoms with E-state index in [0.717, 1.165) is 55.2 Å². The molecule has 1 N–H and O–H groups in total. The summed E-state index contributed by atoms with van der Waals surface area (Å²) in [5, 5.41) is 9.09. The Morgan fingerprint density at radius 1 is 0.865 bits per heavy atom. The maximum atomic E-state index is 13.3. The quantitative estimate of drug-likeness (QED) is 0.457. The van der Waals surface area contributed by atoms with E-state index in [-0.39, 0.29) is 11.9 Å². The third kappa shape index (κ3) is 7.41. The lowest BCUT2D eigenvalue weighted by molar-refractivity contribution is -0.136. The number of carboxylic acid groups (broad SMARTS) is 1. The smallest absolute Gasteiger partial charge is 0.335 e. The molecule has 0 saturated carbocycles. The molecule has 0 radical (unpaired) electrons. The molecule has 0 bridgehead atoms. The van der Waals surface area contributed by atoms with Crippen molar-refractivity contribution in [2.24, 2.45) is 0 Å². The minimum atomic E-state index is -0.913. The Morgan fingerprint density at radius 3 is 2.19 bits per heavy atom. The van der Waals surface area contributed by atoms with Crippen LogP contribution >= 0.6 is 0 Å². The number of hydrogen-bond acceptors (Lipinski definition) is 5. The van der Waals surface area contributed by atoms with E-state index in [0.29, 0.717) is 18.7 Å². The zero-order chi connectivity index (χ0) is 26.2. The van der Waals surface area contributed by atoms with Gasteiger partial charge in [-0.05, 0) is 67.9 Å². The Hall–Kier alpha value is -3.68.